The van der Waals surface area contributed by atoms with Gasteiger partial charge in [-0.25, -0.2) is 14.8 Å². The van der Waals surface area contributed by atoms with E-state index in [4.69, 9.17) is 9.57 Å². The van der Waals surface area contributed by atoms with E-state index in [0.717, 1.165) is 25.7 Å². The number of aliphatic imine (C=N–C) groups is 1. The molecule has 0 aromatic heterocycles. The van der Waals surface area contributed by atoms with Crippen LogP contribution in [-0.4, -0.2) is 37.1 Å². The highest BCUT2D eigenvalue weighted by atomic mass is 16.7. The Morgan fingerprint density at radius 3 is 2.61 bits per heavy atom. The van der Waals surface area contributed by atoms with Crippen LogP contribution in [0.3, 0.4) is 0 Å². The normalized spacial score (nSPS) is 17.0. The van der Waals surface area contributed by atoms with Crippen molar-refractivity contribution in [3.8, 4) is 5.75 Å². The van der Waals surface area contributed by atoms with E-state index in [1.54, 1.807) is 61.7 Å². The van der Waals surface area contributed by atoms with Crippen molar-refractivity contribution < 1.29 is 24.0 Å². The van der Waals surface area contributed by atoms with Crippen LogP contribution in [0.25, 0.3) is 0 Å². The standard InChI is InChI=1S/C27H28N4O5/c1-35-22-14-12-21(13-15-22)31-24(27(34)36-30-31)18-23(29-25(32)20-10-6-3-7-11-20)26(33)28-17-16-19-8-4-2-5-9-19/h3,6-8,10-15,18,30H,2,4-5,9,16-17H2,1H3,(H,28,33)/b24-18+,29-23?. The second-order valence-electron chi connectivity index (χ2n) is 8.33. The summed E-state index contributed by atoms with van der Waals surface area (Å²) < 4.78 is 5.18. The minimum Gasteiger partial charge on any atom is -0.497 e. The highest BCUT2D eigenvalue weighted by molar-refractivity contribution is 6.45. The maximum Gasteiger partial charge on any atom is 0.376 e. The summed E-state index contributed by atoms with van der Waals surface area (Å²) in [6, 6.07) is 15.3. The number of nitrogens with zero attached hydrogens (tertiary/aromatic N) is 2. The first-order valence-electron chi connectivity index (χ1n) is 11.8. The van der Waals surface area contributed by atoms with Gasteiger partial charge in [-0.2, -0.15) is 0 Å². The molecule has 2 aromatic rings. The van der Waals surface area contributed by atoms with Crippen LogP contribution >= 0.6 is 0 Å². The summed E-state index contributed by atoms with van der Waals surface area (Å²) in [6.45, 7) is 0.400. The average Bonchev–Trinajstić information content (AvgIpc) is 3.29. The number of rotatable bonds is 8. The van der Waals surface area contributed by atoms with Crippen LogP contribution in [-0.2, 0) is 14.4 Å². The van der Waals surface area contributed by atoms with Crippen LogP contribution in [0.1, 0.15) is 42.5 Å². The largest absolute Gasteiger partial charge is 0.497 e. The lowest BCUT2D eigenvalue weighted by Crippen LogP contribution is -2.34. The Bertz CT molecular complexity index is 1200. The van der Waals surface area contributed by atoms with Crippen LogP contribution in [0.2, 0.25) is 0 Å². The Labute approximate surface area is 209 Å². The molecule has 0 spiro atoms. The summed E-state index contributed by atoms with van der Waals surface area (Å²) in [5.41, 5.74) is 4.53. The molecule has 2 aromatic carbocycles. The fourth-order valence-electron chi connectivity index (χ4n) is 3.92. The van der Waals surface area contributed by atoms with E-state index in [2.05, 4.69) is 22.0 Å². The number of allylic oxidation sites excluding steroid dienone is 1. The third-order valence-corrected chi connectivity index (χ3v) is 5.88. The molecular weight excluding hydrogens is 460 g/mol. The van der Waals surface area contributed by atoms with Gasteiger partial charge in [-0.1, -0.05) is 35.4 Å². The first kappa shape index (κ1) is 24.9. The molecule has 9 nitrogen and oxygen atoms in total. The Balaban J connectivity index is 1.60. The van der Waals surface area contributed by atoms with Crippen molar-refractivity contribution in [2.45, 2.75) is 32.1 Å². The number of nitrogens with one attached hydrogen (secondary N) is 2. The number of ether oxygens (including phenoxy) is 1. The minimum atomic E-state index is -0.717. The van der Waals surface area contributed by atoms with Crippen LogP contribution in [0.5, 0.6) is 5.75 Å². The monoisotopic (exact) mass is 488 g/mol. The first-order valence-corrected chi connectivity index (χ1v) is 11.8. The van der Waals surface area contributed by atoms with Crippen molar-refractivity contribution >= 4 is 29.2 Å². The number of benzene rings is 2. The molecule has 0 bridgehead atoms. The number of methoxy groups -OCH3 is 1. The van der Waals surface area contributed by atoms with E-state index in [0.29, 0.717) is 23.5 Å². The van der Waals surface area contributed by atoms with Gasteiger partial charge in [0.2, 0.25) is 0 Å². The van der Waals surface area contributed by atoms with Gasteiger partial charge in [-0.05, 0) is 68.5 Å². The summed E-state index contributed by atoms with van der Waals surface area (Å²) in [6.07, 6.45) is 8.63. The molecule has 0 unspecified atom stereocenters. The lowest BCUT2D eigenvalue weighted by atomic mass is 9.97. The summed E-state index contributed by atoms with van der Waals surface area (Å²) in [5, 5.41) is 4.20. The van der Waals surface area contributed by atoms with Gasteiger partial charge >= 0.3 is 5.97 Å². The molecule has 1 heterocycles. The Morgan fingerprint density at radius 1 is 1.14 bits per heavy atom. The number of carbonyl (C=O) groups is 3. The third-order valence-electron chi connectivity index (χ3n) is 5.88. The summed E-state index contributed by atoms with van der Waals surface area (Å²) >= 11 is 0. The highest BCUT2D eigenvalue weighted by Crippen LogP contribution is 2.24. The van der Waals surface area contributed by atoms with Crippen LogP contribution in [0.15, 0.2) is 83.0 Å². The van der Waals surface area contributed by atoms with E-state index in [9.17, 15) is 14.4 Å². The molecule has 2 N–H and O–H groups in total. The molecular formula is C27H28N4O5. The number of hydrogen-bond acceptors (Lipinski definition) is 7. The topological polar surface area (TPSA) is 109 Å². The number of carbonyl (C=O) groups excluding carboxylic acids is 3. The molecule has 36 heavy (non-hydrogen) atoms. The minimum absolute atomic E-state index is 0.00455. The van der Waals surface area contributed by atoms with Crippen molar-refractivity contribution in [2.75, 3.05) is 18.7 Å². The van der Waals surface area contributed by atoms with Gasteiger partial charge in [0, 0.05) is 18.2 Å². The molecule has 0 atom stereocenters. The Morgan fingerprint density at radius 2 is 1.92 bits per heavy atom. The number of anilines is 1. The van der Waals surface area contributed by atoms with Crippen molar-refractivity contribution in [2.24, 2.45) is 4.99 Å². The van der Waals surface area contributed by atoms with E-state index in [-0.39, 0.29) is 11.4 Å². The quantitative estimate of drug-likeness (QED) is 0.332. The second-order valence-corrected chi connectivity index (χ2v) is 8.33. The van der Waals surface area contributed by atoms with Gasteiger partial charge < -0.3 is 14.9 Å². The molecule has 186 valence electrons. The third kappa shape index (κ3) is 6.25. The molecule has 2 amide bonds. The molecule has 0 radical (unpaired) electrons. The van der Waals surface area contributed by atoms with E-state index < -0.39 is 17.8 Å². The molecule has 2 aliphatic rings. The SMILES string of the molecule is COc1ccc(N2NOC(=O)/C2=C\C(=NC(=O)c2ccccc2)C(=O)NCCC2=CCCCC2)cc1. The van der Waals surface area contributed by atoms with Gasteiger partial charge in [0.25, 0.3) is 11.8 Å². The molecule has 4 rings (SSSR count). The lowest BCUT2D eigenvalue weighted by molar-refractivity contribution is -0.140. The molecule has 1 fully saturated rings. The van der Waals surface area contributed by atoms with Crippen LogP contribution in [0, 0.1) is 0 Å². The fraction of sp³-hybridized carbons (Fsp3) is 0.259. The van der Waals surface area contributed by atoms with Gasteiger partial charge in [0.15, 0.2) is 5.70 Å². The van der Waals surface area contributed by atoms with Gasteiger partial charge in [0.1, 0.15) is 11.5 Å². The van der Waals surface area contributed by atoms with E-state index in [1.807, 2.05) is 0 Å². The van der Waals surface area contributed by atoms with Gasteiger partial charge in [0.05, 0.1) is 12.8 Å². The molecule has 9 heteroatoms. The van der Waals surface area contributed by atoms with Crippen LogP contribution in [0.4, 0.5) is 5.69 Å². The van der Waals surface area contributed by atoms with Crippen molar-refractivity contribution in [1.29, 1.82) is 0 Å². The van der Waals surface area contributed by atoms with Crippen molar-refractivity contribution in [3.05, 3.63) is 83.6 Å². The van der Waals surface area contributed by atoms with Crippen molar-refractivity contribution in [3.63, 3.8) is 0 Å². The number of hydrogen-bond donors (Lipinski definition) is 2. The zero-order valence-electron chi connectivity index (χ0n) is 20.0. The van der Waals surface area contributed by atoms with Gasteiger partial charge in [-0.15, -0.1) is 0 Å². The number of hydrazine groups is 1. The number of amides is 2. The Kier molecular flexibility index (Phi) is 8.25. The molecule has 1 aliphatic heterocycles. The Hall–Kier alpha value is -4.24. The smallest absolute Gasteiger partial charge is 0.376 e. The van der Waals surface area contributed by atoms with Crippen LogP contribution < -0.4 is 20.7 Å². The summed E-state index contributed by atoms with van der Waals surface area (Å²) in [4.78, 5) is 47.5. The summed E-state index contributed by atoms with van der Waals surface area (Å²) in [7, 11) is 1.55. The zero-order chi connectivity index (χ0) is 25.3. The molecule has 1 aliphatic carbocycles. The van der Waals surface area contributed by atoms with Crippen molar-refractivity contribution in [1.82, 2.24) is 10.9 Å². The molecule has 0 saturated carbocycles. The predicted octanol–water partition coefficient (Wildman–Crippen LogP) is 3.65. The lowest BCUT2D eigenvalue weighted by Gasteiger charge is -2.16. The fourth-order valence-corrected chi connectivity index (χ4v) is 3.92. The first-order chi connectivity index (χ1) is 17.5. The van der Waals surface area contributed by atoms with Gasteiger partial charge in [-0.3, -0.25) is 9.59 Å². The van der Waals surface area contributed by atoms with E-state index >= 15 is 0 Å². The second kappa shape index (κ2) is 11.9. The zero-order valence-corrected chi connectivity index (χ0v) is 20.0. The highest BCUT2D eigenvalue weighted by Gasteiger charge is 2.30. The average molecular weight is 489 g/mol. The predicted molar refractivity (Wildman–Crippen MR) is 135 cm³/mol. The maximum absolute atomic E-state index is 13.1. The maximum atomic E-state index is 13.1. The summed E-state index contributed by atoms with van der Waals surface area (Å²) in [5.74, 6) is -1.23. The molecule has 1 saturated heterocycles. The van der Waals surface area contributed by atoms with E-state index in [1.165, 1.54) is 23.1 Å².